The summed E-state index contributed by atoms with van der Waals surface area (Å²) in [5.74, 6) is 0.976. The van der Waals surface area contributed by atoms with E-state index in [1.165, 1.54) is 0 Å². The highest BCUT2D eigenvalue weighted by Gasteiger charge is 2.11. The number of carbonyl (C=O) groups excluding carboxylic acids is 1. The van der Waals surface area contributed by atoms with Gasteiger partial charge in [0.15, 0.2) is 5.58 Å². The van der Waals surface area contributed by atoms with Crippen LogP contribution in [0.1, 0.15) is 10.4 Å². The fourth-order valence-electron chi connectivity index (χ4n) is 2.68. The van der Waals surface area contributed by atoms with Gasteiger partial charge in [-0.05, 0) is 48.5 Å². The second-order valence-corrected chi connectivity index (χ2v) is 5.75. The Hall–Kier alpha value is -3.60. The van der Waals surface area contributed by atoms with Gasteiger partial charge in [-0.15, -0.1) is 0 Å². The van der Waals surface area contributed by atoms with Crippen molar-refractivity contribution < 1.29 is 13.9 Å². The van der Waals surface area contributed by atoms with Crippen LogP contribution in [0, 0.1) is 0 Å². The monoisotopic (exact) mass is 344 g/mol. The number of carbonyl (C=O) groups is 1. The van der Waals surface area contributed by atoms with E-state index in [1.54, 1.807) is 49.6 Å². The maximum absolute atomic E-state index is 12.4. The number of oxazole rings is 1. The molecule has 4 aromatic rings. The molecule has 128 valence electrons. The zero-order chi connectivity index (χ0) is 17.9. The number of amides is 1. The van der Waals surface area contributed by atoms with Gasteiger partial charge in [0.1, 0.15) is 11.3 Å². The number of fused-ring (bicyclic) bond motifs is 1. The molecular formula is C21H16N2O3. The minimum Gasteiger partial charge on any atom is -0.497 e. The zero-order valence-corrected chi connectivity index (χ0v) is 14.1. The molecule has 0 saturated heterocycles. The molecule has 0 spiro atoms. The number of benzene rings is 3. The van der Waals surface area contributed by atoms with Crippen LogP contribution in [-0.2, 0) is 0 Å². The standard InChI is InChI=1S/C21H16N2O3/c1-25-17-9-5-8-15(12-17)20(24)22-16-10-11-19-18(13-16)23-21(26-19)14-6-3-2-4-7-14/h2-13H,1H3,(H,22,24). The number of nitrogens with zero attached hydrogens (tertiary/aromatic N) is 1. The molecule has 1 aromatic heterocycles. The second kappa shape index (κ2) is 6.72. The maximum Gasteiger partial charge on any atom is 0.255 e. The molecule has 1 amide bonds. The minimum atomic E-state index is -0.213. The van der Waals surface area contributed by atoms with Gasteiger partial charge in [0, 0.05) is 16.8 Å². The van der Waals surface area contributed by atoms with E-state index in [9.17, 15) is 4.79 Å². The van der Waals surface area contributed by atoms with Crippen molar-refractivity contribution in [3.8, 4) is 17.2 Å². The summed E-state index contributed by atoms with van der Waals surface area (Å²) < 4.78 is 10.9. The third-order valence-corrected chi connectivity index (χ3v) is 4.00. The molecule has 0 radical (unpaired) electrons. The lowest BCUT2D eigenvalue weighted by Crippen LogP contribution is -2.11. The summed E-state index contributed by atoms with van der Waals surface area (Å²) in [7, 11) is 1.57. The first-order chi connectivity index (χ1) is 12.7. The Morgan fingerprint density at radius 2 is 1.85 bits per heavy atom. The Bertz CT molecular complexity index is 1070. The van der Waals surface area contributed by atoms with Gasteiger partial charge in [-0.3, -0.25) is 4.79 Å². The van der Waals surface area contributed by atoms with Crippen molar-refractivity contribution in [2.24, 2.45) is 0 Å². The van der Waals surface area contributed by atoms with Gasteiger partial charge in [0.2, 0.25) is 5.89 Å². The molecule has 5 heteroatoms. The summed E-state index contributed by atoms with van der Waals surface area (Å²) in [4.78, 5) is 16.9. The van der Waals surface area contributed by atoms with E-state index < -0.39 is 0 Å². The minimum absolute atomic E-state index is 0.213. The molecule has 0 saturated carbocycles. The Morgan fingerprint density at radius 3 is 2.65 bits per heavy atom. The summed E-state index contributed by atoms with van der Waals surface area (Å²) in [6, 6.07) is 22.1. The van der Waals surface area contributed by atoms with Gasteiger partial charge in [0.05, 0.1) is 7.11 Å². The van der Waals surface area contributed by atoms with Crippen molar-refractivity contribution in [1.82, 2.24) is 4.98 Å². The van der Waals surface area contributed by atoms with Crippen LogP contribution in [0.25, 0.3) is 22.6 Å². The highest BCUT2D eigenvalue weighted by Crippen LogP contribution is 2.26. The van der Waals surface area contributed by atoms with Gasteiger partial charge >= 0.3 is 0 Å². The quantitative estimate of drug-likeness (QED) is 0.580. The first kappa shape index (κ1) is 15.9. The molecule has 1 heterocycles. The normalized spacial score (nSPS) is 10.7. The number of hydrogen-bond acceptors (Lipinski definition) is 4. The van der Waals surface area contributed by atoms with Crippen molar-refractivity contribution in [3.63, 3.8) is 0 Å². The highest BCUT2D eigenvalue weighted by atomic mass is 16.5. The number of methoxy groups -OCH3 is 1. The summed E-state index contributed by atoms with van der Waals surface area (Å²) in [5.41, 5.74) is 3.44. The average molecular weight is 344 g/mol. The first-order valence-corrected chi connectivity index (χ1v) is 8.14. The van der Waals surface area contributed by atoms with E-state index in [4.69, 9.17) is 9.15 Å². The van der Waals surface area contributed by atoms with Crippen LogP contribution in [0.2, 0.25) is 0 Å². The molecule has 3 aromatic carbocycles. The average Bonchev–Trinajstić information content (AvgIpc) is 3.12. The van der Waals surface area contributed by atoms with Crippen molar-refractivity contribution in [3.05, 3.63) is 78.4 Å². The molecule has 0 aliphatic rings. The number of aromatic nitrogens is 1. The molecule has 26 heavy (non-hydrogen) atoms. The van der Waals surface area contributed by atoms with Crippen LogP contribution in [0.5, 0.6) is 5.75 Å². The van der Waals surface area contributed by atoms with E-state index >= 15 is 0 Å². The van der Waals surface area contributed by atoms with Crippen LogP contribution in [0.3, 0.4) is 0 Å². The Labute approximate surface area is 150 Å². The van der Waals surface area contributed by atoms with Crippen molar-refractivity contribution >= 4 is 22.7 Å². The maximum atomic E-state index is 12.4. The summed E-state index contributed by atoms with van der Waals surface area (Å²) in [6.07, 6.45) is 0. The molecular weight excluding hydrogens is 328 g/mol. The van der Waals surface area contributed by atoms with Crippen molar-refractivity contribution in [2.45, 2.75) is 0 Å². The molecule has 0 unspecified atom stereocenters. The molecule has 0 aliphatic heterocycles. The predicted molar refractivity (Wildman–Crippen MR) is 100 cm³/mol. The van der Waals surface area contributed by atoms with Gasteiger partial charge in [-0.25, -0.2) is 4.98 Å². The highest BCUT2D eigenvalue weighted by molar-refractivity contribution is 6.05. The van der Waals surface area contributed by atoms with E-state index in [0.717, 1.165) is 5.56 Å². The summed E-state index contributed by atoms with van der Waals surface area (Å²) in [6.45, 7) is 0. The molecule has 4 rings (SSSR count). The second-order valence-electron chi connectivity index (χ2n) is 5.75. The van der Waals surface area contributed by atoms with Gasteiger partial charge in [-0.2, -0.15) is 0 Å². The van der Waals surface area contributed by atoms with Gasteiger partial charge in [0.25, 0.3) is 5.91 Å². The summed E-state index contributed by atoms with van der Waals surface area (Å²) in [5, 5.41) is 2.87. The Balaban J connectivity index is 1.60. The lowest BCUT2D eigenvalue weighted by Gasteiger charge is -2.06. The fourth-order valence-corrected chi connectivity index (χ4v) is 2.68. The molecule has 0 aliphatic carbocycles. The largest absolute Gasteiger partial charge is 0.497 e. The Kier molecular flexibility index (Phi) is 4.11. The summed E-state index contributed by atoms with van der Waals surface area (Å²) >= 11 is 0. The lowest BCUT2D eigenvalue weighted by molar-refractivity contribution is 0.102. The van der Waals surface area contributed by atoms with Crippen LogP contribution >= 0.6 is 0 Å². The number of nitrogens with one attached hydrogen (secondary N) is 1. The topological polar surface area (TPSA) is 64.4 Å². The van der Waals surface area contributed by atoms with Crippen LogP contribution in [0.15, 0.2) is 77.2 Å². The smallest absolute Gasteiger partial charge is 0.255 e. The number of hydrogen-bond donors (Lipinski definition) is 1. The molecule has 0 atom stereocenters. The third kappa shape index (κ3) is 3.15. The molecule has 0 fully saturated rings. The lowest BCUT2D eigenvalue weighted by atomic mass is 10.2. The fraction of sp³-hybridized carbons (Fsp3) is 0.0476. The van der Waals surface area contributed by atoms with E-state index in [-0.39, 0.29) is 5.91 Å². The number of anilines is 1. The number of rotatable bonds is 4. The molecule has 5 nitrogen and oxygen atoms in total. The van der Waals surface area contributed by atoms with E-state index in [0.29, 0.717) is 34.0 Å². The Morgan fingerprint density at radius 1 is 1.00 bits per heavy atom. The van der Waals surface area contributed by atoms with Crippen molar-refractivity contribution in [1.29, 1.82) is 0 Å². The predicted octanol–water partition coefficient (Wildman–Crippen LogP) is 4.76. The van der Waals surface area contributed by atoms with Crippen LogP contribution in [0.4, 0.5) is 5.69 Å². The zero-order valence-electron chi connectivity index (χ0n) is 14.1. The van der Waals surface area contributed by atoms with Gasteiger partial charge in [-0.1, -0.05) is 24.3 Å². The third-order valence-electron chi connectivity index (χ3n) is 4.00. The van der Waals surface area contributed by atoms with Crippen molar-refractivity contribution in [2.75, 3.05) is 12.4 Å². The molecule has 0 bridgehead atoms. The van der Waals surface area contributed by atoms with Crippen LogP contribution < -0.4 is 10.1 Å². The van der Waals surface area contributed by atoms with E-state index in [1.807, 2.05) is 30.3 Å². The molecule has 1 N–H and O–H groups in total. The van der Waals surface area contributed by atoms with E-state index in [2.05, 4.69) is 10.3 Å². The van der Waals surface area contributed by atoms with Gasteiger partial charge < -0.3 is 14.5 Å². The SMILES string of the molecule is COc1cccc(C(=O)Nc2ccc3oc(-c4ccccc4)nc3c2)c1. The van der Waals surface area contributed by atoms with Crippen LogP contribution in [-0.4, -0.2) is 18.0 Å². The number of ether oxygens (including phenoxy) is 1. The first-order valence-electron chi connectivity index (χ1n) is 8.14.